The van der Waals surface area contributed by atoms with Crippen molar-refractivity contribution in [1.29, 1.82) is 0 Å². The molecule has 1 heterocycles. The Labute approximate surface area is 89.2 Å². The van der Waals surface area contributed by atoms with E-state index in [1.165, 1.54) is 12.3 Å². The van der Waals surface area contributed by atoms with Gasteiger partial charge >= 0.3 is 12.3 Å². The van der Waals surface area contributed by atoms with E-state index in [1.54, 1.807) is 0 Å². The number of nitrogens with two attached hydrogens (primary N) is 1. The van der Waals surface area contributed by atoms with Gasteiger partial charge in [-0.1, -0.05) is 0 Å². The Balaban J connectivity index is 2.35. The summed E-state index contributed by atoms with van der Waals surface area (Å²) in [5, 5.41) is 0. The van der Waals surface area contributed by atoms with E-state index in [0.29, 0.717) is 5.56 Å². The van der Waals surface area contributed by atoms with Crippen molar-refractivity contribution in [3.63, 3.8) is 0 Å². The highest BCUT2D eigenvalue weighted by molar-refractivity contribution is 5.11. The molecule has 92 valence electrons. The lowest BCUT2D eigenvalue weighted by Gasteiger charge is -2.14. The van der Waals surface area contributed by atoms with Crippen molar-refractivity contribution < 1.29 is 26.7 Å². The quantitative estimate of drug-likeness (QED) is 0.776. The molecule has 3 nitrogen and oxygen atoms in total. The van der Waals surface area contributed by atoms with Crippen LogP contribution < -0.4 is 5.73 Å². The zero-order chi connectivity index (χ0) is 12.2. The van der Waals surface area contributed by atoms with Crippen molar-refractivity contribution in [3.8, 4) is 0 Å². The smallest absolute Gasteiger partial charge is 0.330 e. The summed E-state index contributed by atoms with van der Waals surface area (Å²) in [7, 11) is 0. The van der Waals surface area contributed by atoms with Crippen molar-refractivity contribution in [2.24, 2.45) is 5.73 Å². The molecule has 2 N–H and O–H groups in total. The summed E-state index contributed by atoms with van der Waals surface area (Å²) < 4.78 is 57.6. The summed E-state index contributed by atoms with van der Waals surface area (Å²) in [5.74, 6) is -3.87. The molecule has 16 heavy (non-hydrogen) atoms. The second-order valence-corrected chi connectivity index (χ2v) is 3.18. The molecular weight excluding hydrogens is 230 g/mol. The first kappa shape index (κ1) is 13.0. The third-order valence-electron chi connectivity index (χ3n) is 1.80. The zero-order valence-corrected chi connectivity index (χ0v) is 8.26. The van der Waals surface area contributed by atoms with Crippen LogP contribution in [0.15, 0.2) is 16.7 Å². The number of hydrogen-bond donors (Lipinski definition) is 1. The zero-order valence-electron chi connectivity index (χ0n) is 8.26. The summed E-state index contributed by atoms with van der Waals surface area (Å²) in [6.07, 6.45) is -2.38. The Kier molecular flexibility index (Phi) is 4.31. The van der Waals surface area contributed by atoms with Crippen LogP contribution in [-0.4, -0.2) is 19.0 Å². The molecule has 0 saturated heterocycles. The van der Waals surface area contributed by atoms with Crippen LogP contribution in [0, 0.1) is 0 Å². The average molecular weight is 241 g/mol. The molecule has 0 radical (unpaired) electrons. The van der Waals surface area contributed by atoms with E-state index in [1.807, 2.05) is 0 Å². The van der Waals surface area contributed by atoms with E-state index in [4.69, 9.17) is 10.2 Å². The molecule has 1 aromatic rings. The minimum Gasteiger partial charge on any atom is -0.467 e. The summed E-state index contributed by atoms with van der Waals surface area (Å²) in [4.78, 5) is 0. The number of rotatable bonds is 6. The summed E-state index contributed by atoms with van der Waals surface area (Å²) in [6, 6.07) is 1.51. The van der Waals surface area contributed by atoms with Gasteiger partial charge in [-0.2, -0.15) is 8.78 Å². The second kappa shape index (κ2) is 5.31. The largest absolute Gasteiger partial charge is 0.467 e. The van der Waals surface area contributed by atoms with Gasteiger partial charge in [-0.15, -0.1) is 0 Å². The summed E-state index contributed by atoms with van der Waals surface area (Å²) >= 11 is 0. The highest BCUT2D eigenvalue weighted by atomic mass is 19.3. The number of furan rings is 1. The van der Waals surface area contributed by atoms with Gasteiger partial charge in [-0.25, -0.2) is 8.78 Å². The summed E-state index contributed by atoms with van der Waals surface area (Å²) in [6.45, 7) is -1.39. The van der Waals surface area contributed by atoms with Crippen LogP contribution in [0.2, 0.25) is 0 Å². The first-order valence-corrected chi connectivity index (χ1v) is 4.46. The van der Waals surface area contributed by atoms with E-state index in [-0.39, 0.29) is 18.9 Å². The maximum atomic E-state index is 12.4. The van der Waals surface area contributed by atoms with Gasteiger partial charge in [-0.05, 0) is 6.07 Å². The molecule has 0 saturated carbocycles. The molecule has 7 heteroatoms. The van der Waals surface area contributed by atoms with E-state index >= 15 is 0 Å². The molecule has 0 bridgehead atoms. The predicted molar refractivity (Wildman–Crippen MR) is 47.2 cm³/mol. The lowest BCUT2D eigenvalue weighted by Crippen LogP contribution is -2.32. The fourth-order valence-electron chi connectivity index (χ4n) is 0.960. The van der Waals surface area contributed by atoms with Gasteiger partial charge in [0.25, 0.3) is 0 Å². The van der Waals surface area contributed by atoms with E-state index in [2.05, 4.69) is 4.74 Å². The number of hydrogen-bond acceptors (Lipinski definition) is 3. The topological polar surface area (TPSA) is 48.4 Å². The van der Waals surface area contributed by atoms with Crippen molar-refractivity contribution in [1.82, 2.24) is 0 Å². The van der Waals surface area contributed by atoms with Crippen molar-refractivity contribution in [3.05, 3.63) is 23.7 Å². The SMILES string of the molecule is NCc1coc(COCC(F)(F)C(F)F)c1. The third-order valence-corrected chi connectivity index (χ3v) is 1.80. The van der Waals surface area contributed by atoms with Crippen molar-refractivity contribution >= 4 is 0 Å². The molecule has 0 unspecified atom stereocenters. The van der Waals surface area contributed by atoms with Crippen molar-refractivity contribution in [2.45, 2.75) is 25.5 Å². The highest BCUT2D eigenvalue weighted by Crippen LogP contribution is 2.23. The van der Waals surface area contributed by atoms with E-state index in [9.17, 15) is 17.6 Å². The van der Waals surface area contributed by atoms with Crippen LogP contribution in [0.25, 0.3) is 0 Å². The van der Waals surface area contributed by atoms with Gasteiger partial charge in [0.1, 0.15) is 19.0 Å². The van der Waals surface area contributed by atoms with Crippen LogP contribution in [0.1, 0.15) is 11.3 Å². The summed E-state index contributed by atoms with van der Waals surface area (Å²) in [5.41, 5.74) is 5.96. The van der Waals surface area contributed by atoms with Crippen LogP contribution in [0.4, 0.5) is 17.6 Å². The number of ether oxygens (including phenoxy) is 1. The molecule has 1 rings (SSSR count). The molecule has 0 fully saturated rings. The average Bonchev–Trinajstić information content (AvgIpc) is 2.65. The normalized spacial score (nSPS) is 12.4. The Morgan fingerprint density at radius 1 is 1.44 bits per heavy atom. The van der Waals surface area contributed by atoms with Gasteiger partial charge in [0.05, 0.1) is 6.26 Å². The number of alkyl halides is 4. The molecule has 0 amide bonds. The molecule has 1 aromatic heterocycles. The van der Waals surface area contributed by atoms with E-state index < -0.39 is 19.0 Å². The maximum absolute atomic E-state index is 12.4. The van der Waals surface area contributed by atoms with Gasteiger partial charge in [-0.3, -0.25) is 0 Å². The lowest BCUT2D eigenvalue weighted by molar-refractivity contribution is -0.169. The fraction of sp³-hybridized carbons (Fsp3) is 0.556. The fourth-order valence-corrected chi connectivity index (χ4v) is 0.960. The Hall–Kier alpha value is -1.08. The Morgan fingerprint density at radius 2 is 2.12 bits per heavy atom. The van der Waals surface area contributed by atoms with Crippen LogP contribution >= 0.6 is 0 Å². The van der Waals surface area contributed by atoms with Gasteiger partial charge < -0.3 is 14.9 Å². The molecule has 0 aliphatic heterocycles. The minimum atomic E-state index is -4.14. The van der Waals surface area contributed by atoms with Gasteiger partial charge in [0.2, 0.25) is 0 Å². The highest BCUT2D eigenvalue weighted by Gasteiger charge is 2.40. The lowest BCUT2D eigenvalue weighted by atomic mass is 10.3. The van der Waals surface area contributed by atoms with Gasteiger partial charge in [0, 0.05) is 12.1 Å². The van der Waals surface area contributed by atoms with Crippen LogP contribution in [-0.2, 0) is 17.9 Å². The minimum absolute atomic E-state index is 0.247. The predicted octanol–water partition coefficient (Wildman–Crippen LogP) is 2.16. The molecule has 0 spiro atoms. The first-order valence-electron chi connectivity index (χ1n) is 4.46. The third kappa shape index (κ3) is 3.49. The molecule has 0 aliphatic rings. The first-order chi connectivity index (χ1) is 7.45. The molecule has 0 atom stereocenters. The molecular formula is C9H11F4NO2. The van der Waals surface area contributed by atoms with E-state index in [0.717, 1.165) is 0 Å². The maximum Gasteiger partial charge on any atom is 0.330 e. The standard InChI is InChI=1S/C9H11F4NO2/c10-8(11)9(12,13)5-15-4-7-1-6(2-14)3-16-7/h1,3,8H,2,4-5,14H2. The second-order valence-electron chi connectivity index (χ2n) is 3.18. The molecule has 0 aromatic carbocycles. The number of halogens is 4. The van der Waals surface area contributed by atoms with Crippen molar-refractivity contribution in [2.75, 3.05) is 6.61 Å². The van der Waals surface area contributed by atoms with Crippen LogP contribution in [0.5, 0.6) is 0 Å². The molecule has 0 aliphatic carbocycles. The monoisotopic (exact) mass is 241 g/mol. The van der Waals surface area contributed by atoms with Gasteiger partial charge in [0.15, 0.2) is 0 Å². The Bertz CT molecular complexity index is 327. The van der Waals surface area contributed by atoms with Crippen LogP contribution in [0.3, 0.4) is 0 Å². The Morgan fingerprint density at radius 3 is 2.62 bits per heavy atom.